The third kappa shape index (κ3) is 8.80. The van der Waals surface area contributed by atoms with Crippen molar-refractivity contribution in [3.05, 3.63) is 57.6 Å². The summed E-state index contributed by atoms with van der Waals surface area (Å²) >= 11 is 0.692. The van der Waals surface area contributed by atoms with E-state index >= 15 is 4.39 Å². The number of aliphatic hydroxyl groups is 1. The molecule has 0 unspecified atom stereocenters. The van der Waals surface area contributed by atoms with Crippen molar-refractivity contribution in [2.45, 2.75) is 115 Å². The first-order valence-corrected chi connectivity index (χ1v) is 20.5. The third-order valence-electron chi connectivity index (χ3n) is 8.06. The monoisotopic (exact) mass is 732 g/mol. The summed E-state index contributed by atoms with van der Waals surface area (Å²) in [7, 11) is -6.96. The van der Waals surface area contributed by atoms with Crippen LogP contribution in [-0.2, 0) is 32.8 Å². The lowest BCUT2D eigenvalue weighted by Crippen LogP contribution is -2.40. The summed E-state index contributed by atoms with van der Waals surface area (Å²) in [5, 5.41) is 13.0. The molecule has 0 aliphatic carbocycles. The predicted octanol–water partition coefficient (Wildman–Crippen LogP) is 8.87. The zero-order chi connectivity index (χ0) is 36.8. The fourth-order valence-corrected chi connectivity index (χ4v) is 7.74. The molecular weight excluding hydrogens is 689 g/mol. The first-order chi connectivity index (χ1) is 21.7. The molecule has 0 radical (unpaired) electrons. The molecule has 0 aliphatic rings. The summed E-state index contributed by atoms with van der Waals surface area (Å²) in [5.74, 6) is -2.01. The number of nitrogens with one attached hydrogen (secondary N) is 2. The number of nitrogens with zero attached hydrogens (tertiary/aromatic N) is 2. The van der Waals surface area contributed by atoms with E-state index in [1.807, 2.05) is 38.6 Å². The Hall–Kier alpha value is -2.92. The maximum atomic E-state index is 16.2. The Bertz CT molecular complexity index is 1780. The van der Waals surface area contributed by atoms with Gasteiger partial charge in [-0.15, -0.1) is 11.3 Å². The molecule has 2 aromatic heterocycles. The number of halogens is 4. The van der Waals surface area contributed by atoms with Gasteiger partial charge in [-0.05, 0) is 55.9 Å². The van der Waals surface area contributed by atoms with E-state index in [2.05, 4.69) is 15.3 Å². The maximum Gasteiger partial charge on any atom is 0.416 e. The third-order valence-corrected chi connectivity index (χ3v) is 15.8. The molecule has 2 amide bonds. The predicted molar refractivity (Wildman–Crippen MR) is 181 cm³/mol. The van der Waals surface area contributed by atoms with Crippen LogP contribution in [0.25, 0.3) is 11.3 Å². The smallest absolute Gasteiger partial charge is 0.411 e. The average molecular weight is 733 g/mol. The molecule has 2 heterocycles. The van der Waals surface area contributed by atoms with Gasteiger partial charge >= 0.3 is 12.2 Å². The molecule has 48 heavy (non-hydrogen) atoms. The zero-order valence-electron chi connectivity index (χ0n) is 29.0. The summed E-state index contributed by atoms with van der Waals surface area (Å²) in [4.78, 5) is 22.1. The highest BCUT2D eigenvalue weighted by Crippen LogP contribution is 2.41. The Kier molecular flexibility index (Phi) is 11.3. The van der Waals surface area contributed by atoms with Gasteiger partial charge in [0.2, 0.25) is 0 Å². The van der Waals surface area contributed by atoms with Crippen LogP contribution in [0.4, 0.5) is 28.0 Å². The Morgan fingerprint density at radius 3 is 2.15 bits per heavy atom. The summed E-state index contributed by atoms with van der Waals surface area (Å²) in [6, 6.07) is 2.91. The Labute approximate surface area is 284 Å². The van der Waals surface area contributed by atoms with E-state index in [9.17, 15) is 31.5 Å². The van der Waals surface area contributed by atoms with E-state index in [4.69, 9.17) is 4.43 Å². The van der Waals surface area contributed by atoms with E-state index in [0.29, 0.717) is 11.3 Å². The van der Waals surface area contributed by atoms with Crippen LogP contribution in [0.15, 0.2) is 28.5 Å². The van der Waals surface area contributed by atoms with Gasteiger partial charge in [0.05, 0.1) is 29.2 Å². The van der Waals surface area contributed by atoms with Gasteiger partial charge in [0.1, 0.15) is 16.3 Å². The molecule has 1 aromatic carbocycles. The van der Waals surface area contributed by atoms with E-state index < -0.39 is 59.4 Å². The zero-order valence-corrected chi connectivity index (χ0v) is 31.6. The molecule has 16 heteroatoms. The van der Waals surface area contributed by atoms with E-state index in [1.54, 1.807) is 27.7 Å². The fraction of sp³-hybridized carbons (Fsp3) is 0.531. The Balaban J connectivity index is 2.07. The number of amides is 2. The average Bonchev–Trinajstić information content (AvgIpc) is 3.37. The number of hydrogen-bond acceptors (Lipinski definition) is 8. The molecule has 0 aliphatic heterocycles. The summed E-state index contributed by atoms with van der Waals surface area (Å²) in [5.41, 5.74) is -2.89. The van der Waals surface area contributed by atoms with Gasteiger partial charge in [-0.2, -0.15) is 13.2 Å². The standard InChI is InChI=1S/C32H44F4N4O5S2Si/c1-17(2)22-23(33)25(19-13-12-14-20(15-19)32(34,35)36)38-24(18(3)4)26(22)39-29(41)40-47(43,44)27-21(37-28(46-27)31(8,9)42)16-45-48(10,11)30(5,6)7/h12-15,17-18,42H,16H2,1-11H3,(H2,39,40,41). The molecule has 0 spiro atoms. The van der Waals surface area contributed by atoms with Gasteiger partial charge in [0, 0.05) is 11.1 Å². The largest absolute Gasteiger partial charge is 0.416 e. The van der Waals surface area contributed by atoms with Crippen LogP contribution < -0.4 is 10.0 Å². The van der Waals surface area contributed by atoms with Crippen molar-refractivity contribution in [2.24, 2.45) is 0 Å². The number of hydrogen-bond donors (Lipinski definition) is 3. The van der Waals surface area contributed by atoms with Crippen LogP contribution in [0.2, 0.25) is 18.1 Å². The molecular formula is C32H44F4N4O5S2Si. The van der Waals surface area contributed by atoms with Crippen molar-refractivity contribution in [1.29, 1.82) is 0 Å². The number of urea groups is 1. The molecule has 0 atom stereocenters. The number of carbonyl (C=O) groups excluding carboxylic acids is 1. The van der Waals surface area contributed by atoms with Crippen LogP contribution >= 0.6 is 11.3 Å². The number of aromatic nitrogens is 2. The normalized spacial score (nSPS) is 13.4. The summed E-state index contributed by atoms with van der Waals surface area (Å²) < 4.78 is 91.7. The van der Waals surface area contributed by atoms with Crippen molar-refractivity contribution >= 4 is 41.4 Å². The highest BCUT2D eigenvalue weighted by Gasteiger charge is 2.39. The second kappa shape index (κ2) is 13.8. The maximum absolute atomic E-state index is 16.2. The van der Waals surface area contributed by atoms with E-state index in [-0.39, 0.29) is 54.8 Å². The highest BCUT2D eigenvalue weighted by atomic mass is 32.2. The van der Waals surface area contributed by atoms with Crippen LogP contribution in [-0.4, -0.2) is 37.8 Å². The lowest BCUT2D eigenvalue weighted by molar-refractivity contribution is -0.137. The van der Waals surface area contributed by atoms with Crippen LogP contribution in [0.1, 0.15) is 102 Å². The number of pyridine rings is 1. The molecule has 0 fully saturated rings. The number of thiazole rings is 1. The lowest BCUT2D eigenvalue weighted by Gasteiger charge is -2.36. The molecule has 0 saturated carbocycles. The summed E-state index contributed by atoms with van der Waals surface area (Å²) in [6.07, 6.45) is -4.66. The van der Waals surface area contributed by atoms with Crippen molar-refractivity contribution in [2.75, 3.05) is 5.32 Å². The Morgan fingerprint density at radius 2 is 1.65 bits per heavy atom. The van der Waals surface area contributed by atoms with Crippen molar-refractivity contribution in [3.8, 4) is 11.3 Å². The number of carbonyl (C=O) groups is 1. The van der Waals surface area contributed by atoms with Gasteiger partial charge in [-0.1, -0.05) is 60.6 Å². The van der Waals surface area contributed by atoms with Gasteiger partial charge in [0.25, 0.3) is 10.0 Å². The fourth-order valence-electron chi connectivity index (χ4n) is 4.40. The van der Waals surface area contributed by atoms with Crippen LogP contribution in [0, 0.1) is 5.82 Å². The van der Waals surface area contributed by atoms with E-state index in [1.165, 1.54) is 19.9 Å². The van der Waals surface area contributed by atoms with Crippen LogP contribution in [0.3, 0.4) is 0 Å². The van der Waals surface area contributed by atoms with E-state index in [0.717, 1.165) is 18.2 Å². The molecule has 3 aromatic rings. The lowest BCUT2D eigenvalue weighted by atomic mass is 9.93. The minimum absolute atomic E-state index is 0.0196. The minimum atomic E-state index is -4.66. The Morgan fingerprint density at radius 1 is 1.04 bits per heavy atom. The van der Waals surface area contributed by atoms with Crippen molar-refractivity contribution in [3.63, 3.8) is 0 Å². The first kappa shape index (κ1) is 39.5. The van der Waals surface area contributed by atoms with Gasteiger partial charge in [0.15, 0.2) is 18.3 Å². The first-order valence-electron chi connectivity index (χ1n) is 15.3. The molecule has 0 saturated heterocycles. The molecule has 0 bridgehead atoms. The molecule has 3 N–H and O–H groups in total. The van der Waals surface area contributed by atoms with Crippen LogP contribution in [0.5, 0.6) is 0 Å². The van der Waals surface area contributed by atoms with Crippen molar-refractivity contribution < 1.29 is 40.3 Å². The quantitative estimate of drug-likeness (QED) is 0.140. The topological polar surface area (TPSA) is 131 Å². The van der Waals surface area contributed by atoms with Crippen molar-refractivity contribution in [1.82, 2.24) is 14.7 Å². The summed E-state index contributed by atoms with van der Waals surface area (Å²) in [6.45, 7) is 19.4. The van der Waals surface area contributed by atoms with Gasteiger partial charge in [-0.3, -0.25) is 0 Å². The molecule has 266 valence electrons. The van der Waals surface area contributed by atoms with Gasteiger partial charge < -0.3 is 14.8 Å². The van der Waals surface area contributed by atoms with Gasteiger partial charge in [-0.25, -0.2) is 32.3 Å². The SMILES string of the molecule is CC(C)c1nc(-c2cccc(C(F)(F)F)c2)c(F)c(C(C)C)c1NC(=O)NS(=O)(=O)c1sc(C(C)(C)O)nc1CO[Si](C)(C)C(C)(C)C. The molecule has 9 nitrogen and oxygen atoms in total. The second-order valence-electron chi connectivity index (χ2n) is 14.3. The number of sulfonamides is 1. The second-order valence-corrected chi connectivity index (χ2v) is 21.9. The number of benzene rings is 1. The minimum Gasteiger partial charge on any atom is -0.411 e. The highest BCUT2D eigenvalue weighted by molar-refractivity contribution is 7.92. The number of rotatable bonds is 10. The number of anilines is 1. The number of alkyl halides is 3. The molecule has 3 rings (SSSR count).